The smallest absolute Gasteiger partial charge is 0.257 e. The zero-order valence-electron chi connectivity index (χ0n) is 10.8. The number of nitrogens with zero attached hydrogens (tertiary/aromatic N) is 1. The summed E-state index contributed by atoms with van der Waals surface area (Å²) in [6, 6.07) is 5.19. The molecule has 0 bridgehead atoms. The maximum Gasteiger partial charge on any atom is 0.257 e. The number of carbonyl (C=O) groups excluding carboxylic acids is 1. The third kappa shape index (κ3) is 3.28. The monoisotopic (exact) mass is 326 g/mol. The van der Waals surface area contributed by atoms with Gasteiger partial charge in [-0.25, -0.2) is 0 Å². The normalized spacial score (nSPS) is 19.5. The highest BCUT2D eigenvalue weighted by molar-refractivity contribution is 9.10. The summed E-state index contributed by atoms with van der Waals surface area (Å²) in [6.45, 7) is 1.33. The number of aromatic hydroxyl groups is 1. The Kier molecular flexibility index (Phi) is 4.82. The lowest BCUT2D eigenvalue weighted by atomic mass is 9.98. The number of likely N-dealkylation sites (tertiary alicyclic amines) is 1. The van der Waals surface area contributed by atoms with E-state index in [-0.39, 0.29) is 17.7 Å². The van der Waals surface area contributed by atoms with Crippen LogP contribution in [0.25, 0.3) is 0 Å². The summed E-state index contributed by atoms with van der Waals surface area (Å²) >= 11 is 3.28. The van der Waals surface area contributed by atoms with E-state index in [2.05, 4.69) is 15.9 Å². The van der Waals surface area contributed by atoms with Crippen LogP contribution in [-0.4, -0.2) is 35.0 Å². The van der Waals surface area contributed by atoms with Crippen LogP contribution >= 0.6 is 15.9 Å². The van der Waals surface area contributed by atoms with Crippen molar-refractivity contribution in [3.05, 3.63) is 28.2 Å². The minimum atomic E-state index is -0.0943. The first-order valence-electron chi connectivity index (χ1n) is 6.63. The van der Waals surface area contributed by atoms with Gasteiger partial charge in [-0.05, 0) is 50.4 Å². The van der Waals surface area contributed by atoms with Gasteiger partial charge in [-0.15, -0.1) is 0 Å². The van der Waals surface area contributed by atoms with E-state index in [1.54, 1.807) is 18.2 Å². The van der Waals surface area contributed by atoms with Gasteiger partial charge in [0.1, 0.15) is 5.75 Å². The van der Waals surface area contributed by atoms with Crippen LogP contribution in [0.2, 0.25) is 0 Å². The minimum Gasteiger partial charge on any atom is -0.507 e. The van der Waals surface area contributed by atoms with E-state index < -0.39 is 0 Å². The molecule has 1 aromatic rings. The fourth-order valence-electron chi connectivity index (χ4n) is 2.60. The van der Waals surface area contributed by atoms with E-state index in [0.717, 1.165) is 36.7 Å². The Labute approximate surface area is 121 Å². The first-order chi connectivity index (χ1) is 9.13. The first kappa shape index (κ1) is 14.3. The topological polar surface area (TPSA) is 66.6 Å². The molecule has 104 valence electrons. The van der Waals surface area contributed by atoms with Crippen molar-refractivity contribution in [3.63, 3.8) is 0 Å². The number of rotatable bonds is 3. The quantitative estimate of drug-likeness (QED) is 0.896. The molecule has 1 amide bonds. The van der Waals surface area contributed by atoms with Crippen LogP contribution in [0.4, 0.5) is 0 Å². The third-order valence-electron chi connectivity index (χ3n) is 3.58. The third-order valence-corrected chi connectivity index (χ3v) is 4.07. The SMILES string of the molecule is NCCC1CCCCN1C(=O)c1ccc(Br)cc1O. The summed E-state index contributed by atoms with van der Waals surface area (Å²) in [7, 11) is 0. The van der Waals surface area contributed by atoms with Crippen LogP contribution in [0.3, 0.4) is 0 Å². The minimum absolute atomic E-state index is 0.0245. The van der Waals surface area contributed by atoms with Crippen LogP contribution in [-0.2, 0) is 0 Å². The van der Waals surface area contributed by atoms with Crippen LogP contribution in [0.1, 0.15) is 36.0 Å². The number of phenolic OH excluding ortho intramolecular Hbond substituents is 1. The number of phenols is 1. The molecule has 1 unspecified atom stereocenters. The molecule has 2 rings (SSSR count). The summed E-state index contributed by atoms with van der Waals surface area (Å²) in [4.78, 5) is 14.4. The van der Waals surface area contributed by atoms with Crippen LogP contribution in [0.15, 0.2) is 22.7 Å². The molecular formula is C14H19BrN2O2. The first-order valence-corrected chi connectivity index (χ1v) is 7.42. The molecule has 1 atom stereocenters. The Balaban J connectivity index is 2.21. The van der Waals surface area contributed by atoms with Crippen molar-refractivity contribution < 1.29 is 9.90 Å². The fourth-order valence-corrected chi connectivity index (χ4v) is 2.95. The zero-order valence-corrected chi connectivity index (χ0v) is 12.4. The Morgan fingerprint density at radius 2 is 2.26 bits per heavy atom. The Hall–Kier alpha value is -1.07. The number of hydrogen-bond acceptors (Lipinski definition) is 3. The zero-order chi connectivity index (χ0) is 13.8. The maximum absolute atomic E-state index is 12.5. The highest BCUT2D eigenvalue weighted by Gasteiger charge is 2.28. The summed E-state index contributed by atoms with van der Waals surface area (Å²) in [5, 5.41) is 9.91. The van der Waals surface area contributed by atoms with Crippen molar-refractivity contribution in [3.8, 4) is 5.75 Å². The summed E-state index contributed by atoms with van der Waals surface area (Å²) in [5.74, 6) is -0.0698. The number of halogens is 1. The molecule has 1 aromatic carbocycles. The molecule has 3 N–H and O–H groups in total. The van der Waals surface area contributed by atoms with Crippen LogP contribution in [0, 0.1) is 0 Å². The molecule has 0 radical (unpaired) electrons. The van der Waals surface area contributed by atoms with Crippen molar-refractivity contribution in [1.82, 2.24) is 4.90 Å². The van der Waals surface area contributed by atoms with E-state index in [1.807, 2.05) is 4.90 Å². The lowest BCUT2D eigenvalue weighted by molar-refractivity contribution is 0.0602. The molecule has 1 fully saturated rings. The molecule has 1 heterocycles. The van der Waals surface area contributed by atoms with Crippen molar-refractivity contribution >= 4 is 21.8 Å². The van der Waals surface area contributed by atoms with Crippen molar-refractivity contribution in [2.24, 2.45) is 5.73 Å². The van der Waals surface area contributed by atoms with Crippen molar-refractivity contribution in [2.75, 3.05) is 13.1 Å². The predicted molar refractivity (Wildman–Crippen MR) is 78.2 cm³/mol. The summed E-state index contributed by atoms with van der Waals surface area (Å²) in [6.07, 6.45) is 3.98. The number of benzene rings is 1. The molecule has 0 aromatic heterocycles. The molecule has 1 aliphatic heterocycles. The standard InChI is InChI=1S/C14H19BrN2O2/c15-10-4-5-12(13(18)9-10)14(19)17-8-2-1-3-11(17)6-7-16/h4-5,9,11,18H,1-3,6-8,16H2. The van der Waals surface area contributed by atoms with Crippen LogP contribution in [0.5, 0.6) is 5.75 Å². The summed E-state index contributed by atoms with van der Waals surface area (Å²) in [5.41, 5.74) is 5.98. The van der Waals surface area contributed by atoms with Gasteiger partial charge >= 0.3 is 0 Å². The molecular weight excluding hydrogens is 308 g/mol. The van der Waals surface area contributed by atoms with Crippen molar-refractivity contribution in [1.29, 1.82) is 0 Å². The second-order valence-electron chi connectivity index (χ2n) is 4.89. The molecule has 5 heteroatoms. The largest absolute Gasteiger partial charge is 0.507 e. The van der Waals surface area contributed by atoms with Gasteiger partial charge < -0.3 is 15.7 Å². The second-order valence-corrected chi connectivity index (χ2v) is 5.80. The number of amides is 1. The van der Waals surface area contributed by atoms with E-state index in [1.165, 1.54) is 0 Å². The molecule has 1 aliphatic rings. The number of hydrogen-bond donors (Lipinski definition) is 2. The average Bonchev–Trinajstić information content (AvgIpc) is 2.39. The molecule has 4 nitrogen and oxygen atoms in total. The van der Waals surface area contributed by atoms with Gasteiger partial charge in [0.25, 0.3) is 5.91 Å². The van der Waals surface area contributed by atoms with E-state index in [0.29, 0.717) is 12.1 Å². The van der Waals surface area contributed by atoms with Gasteiger partial charge in [0, 0.05) is 17.1 Å². The van der Waals surface area contributed by atoms with Gasteiger partial charge in [0.15, 0.2) is 0 Å². The number of carbonyl (C=O) groups is 1. The predicted octanol–water partition coefficient (Wildman–Crippen LogP) is 2.50. The van der Waals surface area contributed by atoms with Gasteiger partial charge in [-0.2, -0.15) is 0 Å². The molecule has 0 spiro atoms. The molecule has 0 saturated carbocycles. The van der Waals surface area contributed by atoms with E-state index >= 15 is 0 Å². The summed E-state index contributed by atoms with van der Waals surface area (Å²) < 4.78 is 0.763. The Morgan fingerprint density at radius 3 is 2.95 bits per heavy atom. The van der Waals surface area contributed by atoms with Crippen LogP contribution < -0.4 is 5.73 Å². The van der Waals surface area contributed by atoms with Gasteiger partial charge in [0.05, 0.1) is 5.56 Å². The second kappa shape index (κ2) is 6.39. The highest BCUT2D eigenvalue weighted by Crippen LogP contribution is 2.27. The highest BCUT2D eigenvalue weighted by atomic mass is 79.9. The van der Waals surface area contributed by atoms with Crippen molar-refractivity contribution in [2.45, 2.75) is 31.7 Å². The average molecular weight is 327 g/mol. The van der Waals surface area contributed by atoms with Gasteiger partial charge in [-0.1, -0.05) is 15.9 Å². The Bertz CT molecular complexity index is 463. The van der Waals surface area contributed by atoms with Gasteiger partial charge in [-0.3, -0.25) is 4.79 Å². The fraction of sp³-hybridized carbons (Fsp3) is 0.500. The lowest BCUT2D eigenvalue weighted by Crippen LogP contribution is -2.44. The Morgan fingerprint density at radius 1 is 1.47 bits per heavy atom. The molecule has 1 saturated heterocycles. The molecule has 19 heavy (non-hydrogen) atoms. The number of piperidine rings is 1. The lowest BCUT2D eigenvalue weighted by Gasteiger charge is -2.35. The van der Waals surface area contributed by atoms with Gasteiger partial charge in [0.2, 0.25) is 0 Å². The number of nitrogens with two attached hydrogens (primary N) is 1. The van der Waals surface area contributed by atoms with E-state index in [9.17, 15) is 9.90 Å². The molecule has 0 aliphatic carbocycles. The maximum atomic E-state index is 12.5. The van der Waals surface area contributed by atoms with E-state index in [4.69, 9.17) is 5.73 Å².